The maximum atomic E-state index is 11.1. The second-order valence-electron chi connectivity index (χ2n) is 6.47. The Kier molecular flexibility index (Phi) is 7.92. The van der Waals surface area contributed by atoms with Crippen molar-refractivity contribution in [3.8, 4) is 34.7 Å². The lowest BCUT2D eigenvalue weighted by atomic mass is 10.1. The minimum absolute atomic E-state index is 0. The maximum Gasteiger partial charge on any atom is 0.320 e. The third kappa shape index (κ3) is 5.56. The van der Waals surface area contributed by atoms with Crippen LogP contribution < -0.4 is 10.5 Å². The van der Waals surface area contributed by atoms with Crippen molar-refractivity contribution in [3.63, 3.8) is 0 Å². The number of carbonyl (C=O) groups excluding carboxylic acids is 1. The van der Waals surface area contributed by atoms with Crippen LogP contribution in [0.1, 0.15) is 25.0 Å². The lowest BCUT2D eigenvalue weighted by Gasteiger charge is -2.11. The van der Waals surface area contributed by atoms with Gasteiger partial charge in [0.25, 0.3) is 5.89 Å². The van der Waals surface area contributed by atoms with Gasteiger partial charge in [0, 0.05) is 11.1 Å². The van der Waals surface area contributed by atoms with Crippen LogP contribution in [0, 0.1) is 11.3 Å². The van der Waals surface area contributed by atoms with Crippen molar-refractivity contribution in [2.45, 2.75) is 26.6 Å². The molecular weight excluding hydrogens is 408 g/mol. The molecule has 0 saturated heterocycles. The van der Waals surface area contributed by atoms with Crippen LogP contribution in [0.3, 0.4) is 0 Å². The Balaban J connectivity index is 0.00000320. The van der Waals surface area contributed by atoms with Crippen LogP contribution in [0.2, 0.25) is 0 Å². The van der Waals surface area contributed by atoms with Gasteiger partial charge in [0.1, 0.15) is 18.4 Å². The van der Waals surface area contributed by atoms with Gasteiger partial charge in [-0.2, -0.15) is 10.2 Å². The predicted molar refractivity (Wildman–Crippen MR) is 112 cm³/mol. The number of nitrogens with zero attached hydrogens (tertiary/aromatic N) is 3. The largest absolute Gasteiger partial charge is 0.490 e. The average Bonchev–Trinajstić information content (AvgIpc) is 3.22. The summed E-state index contributed by atoms with van der Waals surface area (Å²) < 4.78 is 16.0. The molecule has 3 rings (SSSR count). The molecule has 0 unspecified atom stereocenters. The van der Waals surface area contributed by atoms with Gasteiger partial charge in [0.05, 0.1) is 18.2 Å². The number of ether oxygens (including phenoxy) is 2. The average molecular weight is 429 g/mol. The number of benzene rings is 2. The smallest absolute Gasteiger partial charge is 0.320 e. The number of rotatable bonds is 7. The number of nitriles is 1. The van der Waals surface area contributed by atoms with Crippen LogP contribution in [0.25, 0.3) is 22.8 Å². The van der Waals surface area contributed by atoms with Crippen molar-refractivity contribution in [3.05, 3.63) is 53.6 Å². The summed E-state index contributed by atoms with van der Waals surface area (Å²) in [5.41, 5.74) is 7.79. The first-order valence-electron chi connectivity index (χ1n) is 9.00. The van der Waals surface area contributed by atoms with E-state index in [2.05, 4.69) is 16.2 Å². The highest BCUT2D eigenvalue weighted by atomic mass is 35.5. The minimum Gasteiger partial charge on any atom is -0.490 e. The first-order chi connectivity index (χ1) is 14.0. The van der Waals surface area contributed by atoms with Crippen LogP contribution in [-0.4, -0.2) is 28.8 Å². The van der Waals surface area contributed by atoms with Gasteiger partial charge >= 0.3 is 5.97 Å². The zero-order valence-electron chi connectivity index (χ0n) is 16.5. The molecular formula is C21H21ClN4O4. The third-order valence-corrected chi connectivity index (χ3v) is 3.91. The minimum atomic E-state index is -0.460. The fourth-order valence-electron chi connectivity index (χ4n) is 2.54. The molecule has 3 aromatic rings. The van der Waals surface area contributed by atoms with Crippen LogP contribution in [0.4, 0.5) is 0 Å². The quantitative estimate of drug-likeness (QED) is 0.567. The Bertz CT molecular complexity index is 1040. The molecule has 9 heteroatoms. The van der Waals surface area contributed by atoms with E-state index in [9.17, 15) is 10.1 Å². The summed E-state index contributed by atoms with van der Waals surface area (Å²) in [7, 11) is 0. The van der Waals surface area contributed by atoms with Gasteiger partial charge in [0.15, 0.2) is 0 Å². The van der Waals surface area contributed by atoms with Crippen LogP contribution in [0.5, 0.6) is 5.75 Å². The van der Waals surface area contributed by atoms with Gasteiger partial charge in [-0.1, -0.05) is 29.4 Å². The predicted octanol–water partition coefficient (Wildman–Crippen LogP) is 3.49. The molecule has 0 atom stereocenters. The summed E-state index contributed by atoms with van der Waals surface area (Å²) in [5.74, 6) is 0.760. The Hall–Kier alpha value is -3.41. The van der Waals surface area contributed by atoms with Crippen molar-refractivity contribution < 1.29 is 18.8 Å². The van der Waals surface area contributed by atoms with E-state index in [0.29, 0.717) is 28.6 Å². The van der Waals surface area contributed by atoms with Gasteiger partial charge in [-0.05, 0) is 37.6 Å². The Morgan fingerprint density at radius 1 is 1.20 bits per heavy atom. The molecule has 0 amide bonds. The molecule has 2 N–H and O–H groups in total. The molecule has 0 radical (unpaired) electrons. The molecule has 1 heterocycles. The summed E-state index contributed by atoms with van der Waals surface area (Å²) in [6.45, 7) is 3.79. The van der Waals surface area contributed by atoms with Crippen molar-refractivity contribution in [1.29, 1.82) is 5.26 Å². The lowest BCUT2D eigenvalue weighted by molar-refractivity contribution is -0.143. The van der Waals surface area contributed by atoms with Crippen molar-refractivity contribution in [1.82, 2.24) is 10.1 Å². The first-order valence-corrected chi connectivity index (χ1v) is 9.00. The standard InChI is InChI=1S/C21H20N4O4.ClH/c1-13(2)28-18-8-7-16(9-17(18)10-22)21-24-20(25-29-21)15-5-3-14(4-6-15)12-27-19(26)11-23;/h3-9,13H,11-12,23H2,1-2H3;1H. The van der Waals surface area contributed by atoms with E-state index < -0.39 is 5.97 Å². The fourth-order valence-corrected chi connectivity index (χ4v) is 2.54. The van der Waals surface area contributed by atoms with Crippen molar-refractivity contribution in [2.75, 3.05) is 6.54 Å². The van der Waals surface area contributed by atoms with E-state index in [1.54, 1.807) is 42.5 Å². The number of esters is 1. The molecule has 0 aliphatic carbocycles. The summed E-state index contributed by atoms with van der Waals surface area (Å²) in [6, 6.07) is 14.5. The van der Waals surface area contributed by atoms with Gasteiger partial charge in [0.2, 0.25) is 5.82 Å². The van der Waals surface area contributed by atoms with E-state index in [0.717, 1.165) is 11.1 Å². The van der Waals surface area contributed by atoms with E-state index in [1.165, 1.54) is 0 Å². The van der Waals surface area contributed by atoms with Crippen LogP contribution in [-0.2, 0) is 16.1 Å². The monoisotopic (exact) mass is 428 g/mol. The Morgan fingerprint density at radius 3 is 2.53 bits per heavy atom. The molecule has 0 bridgehead atoms. The van der Waals surface area contributed by atoms with Gasteiger partial charge < -0.3 is 19.7 Å². The second-order valence-corrected chi connectivity index (χ2v) is 6.47. The number of nitrogens with two attached hydrogens (primary N) is 1. The topological polar surface area (TPSA) is 124 Å². The number of hydrogen-bond acceptors (Lipinski definition) is 8. The maximum absolute atomic E-state index is 11.1. The second kappa shape index (κ2) is 10.4. The highest BCUT2D eigenvalue weighted by Gasteiger charge is 2.14. The summed E-state index contributed by atoms with van der Waals surface area (Å²) in [4.78, 5) is 15.5. The lowest BCUT2D eigenvalue weighted by Crippen LogP contribution is -2.16. The molecule has 0 spiro atoms. The van der Waals surface area contributed by atoms with E-state index >= 15 is 0 Å². The zero-order valence-corrected chi connectivity index (χ0v) is 17.3. The van der Waals surface area contributed by atoms with Gasteiger partial charge in [-0.25, -0.2) is 0 Å². The summed E-state index contributed by atoms with van der Waals surface area (Å²) in [6.07, 6.45) is -0.0373. The highest BCUT2D eigenvalue weighted by Crippen LogP contribution is 2.28. The molecule has 2 aromatic carbocycles. The Labute approximate surface area is 180 Å². The fraction of sp³-hybridized carbons (Fsp3) is 0.238. The summed E-state index contributed by atoms with van der Waals surface area (Å²) in [5, 5.41) is 13.4. The van der Waals surface area contributed by atoms with E-state index in [4.69, 9.17) is 19.7 Å². The number of carbonyl (C=O) groups is 1. The van der Waals surface area contributed by atoms with E-state index in [1.807, 2.05) is 13.8 Å². The van der Waals surface area contributed by atoms with Crippen LogP contribution >= 0.6 is 12.4 Å². The molecule has 0 saturated carbocycles. The molecule has 0 fully saturated rings. The van der Waals surface area contributed by atoms with Gasteiger partial charge in [-0.15, -0.1) is 12.4 Å². The van der Waals surface area contributed by atoms with Crippen LogP contribution in [0.15, 0.2) is 47.0 Å². The SMILES string of the molecule is CC(C)Oc1ccc(-c2nc(-c3ccc(COC(=O)CN)cc3)no2)cc1C#N.Cl. The van der Waals surface area contributed by atoms with E-state index in [-0.39, 0.29) is 31.7 Å². The molecule has 30 heavy (non-hydrogen) atoms. The molecule has 0 aliphatic heterocycles. The summed E-state index contributed by atoms with van der Waals surface area (Å²) >= 11 is 0. The van der Waals surface area contributed by atoms with Crippen molar-refractivity contribution >= 4 is 18.4 Å². The molecule has 8 nitrogen and oxygen atoms in total. The Morgan fingerprint density at radius 2 is 1.90 bits per heavy atom. The third-order valence-electron chi connectivity index (χ3n) is 3.91. The van der Waals surface area contributed by atoms with Crippen molar-refractivity contribution in [2.24, 2.45) is 5.73 Å². The molecule has 0 aliphatic rings. The first kappa shape index (κ1) is 22.9. The highest BCUT2D eigenvalue weighted by molar-refractivity contribution is 5.85. The number of aromatic nitrogens is 2. The molecule has 1 aromatic heterocycles. The number of halogens is 1. The molecule has 156 valence electrons. The number of hydrogen-bond donors (Lipinski definition) is 1. The van der Waals surface area contributed by atoms with Gasteiger partial charge in [-0.3, -0.25) is 4.79 Å². The zero-order chi connectivity index (χ0) is 20.8. The normalized spacial score (nSPS) is 10.2.